The Morgan fingerprint density at radius 1 is 1.39 bits per heavy atom. The first-order valence-electron chi connectivity index (χ1n) is 6.52. The molecule has 1 aromatic carbocycles. The summed E-state index contributed by atoms with van der Waals surface area (Å²) in [4.78, 5) is 32.8. The number of nitrogens with zero attached hydrogens (tertiary/aromatic N) is 3. The number of hydrogen-bond acceptors (Lipinski definition) is 6. The summed E-state index contributed by atoms with van der Waals surface area (Å²) in [6.07, 6.45) is 3.23. The molecule has 0 saturated carbocycles. The van der Waals surface area contributed by atoms with Crippen LogP contribution < -0.4 is 10.9 Å². The first-order chi connectivity index (χ1) is 11.1. The molecular weight excluding hydrogens is 356 g/mol. The summed E-state index contributed by atoms with van der Waals surface area (Å²) in [5.41, 5.74) is 0.765. The minimum absolute atomic E-state index is 0.114. The van der Waals surface area contributed by atoms with Crippen LogP contribution in [0.15, 0.2) is 39.7 Å². The van der Waals surface area contributed by atoms with Crippen LogP contribution in [0.3, 0.4) is 0 Å². The Labute approximate surface area is 144 Å². The number of aromatic nitrogens is 3. The van der Waals surface area contributed by atoms with Crippen molar-refractivity contribution < 1.29 is 4.79 Å². The van der Waals surface area contributed by atoms with Gasteiger partial charge < -0.3 is 5.32 Å². The highest BCUT2D eigenvalue weighted by Crippen LogP contribution is 2.24. The van der Waals surface area contributed by atoms with Crippen molar-refractivity contribution in [2.24, 2.45) is 0 Å². The number of hydrogen-bond donors (Lipinski definition) is 1. The predicted octanol–water partition coefficient (Wildman–Crippen LogP) is 2.87. The number of thioether (sulfide) groups is 1. The summed E-state index contributed by atoms with van der Waals surface area (Å²) < 4.78 is 2.50. The van der Waals surface area contributed by atoms with Crippen LogP contribution in [0.25, 0.3) is 10.3 Å². The molecule has 3 aromatic rings. The van der Waals surface area contributed by atoms with Gasteiger partial charge in [0.25, 0.3) is 5.56 Å². The number of halogens is 1. The van der Waals surface area contributed by atoms with Gasteiger partial charge in [-0.2, -0.15) is 0 Å². The zero-order valence-electron chi connectivity index (χ0n) is 11.9. The molecule has 1 N–H and O–H groups in total. The average molecular weight is 367 g/mol. The minimum atomic E-state index is -0.315. The van der Waals surface area contributed by atoms with Gasteiger partial charge in [-0.3, -0.25) is 14.2 Å². The van der Waals surface area contributed by atoms with Crippen molar-refractivity contribution in [3.05, 3.63) is 46.0 Å². The lowest BCUT2D eigenvalue weighted by atomic mass is 10.3. The maximum absolute atomic E-state index is 12.4. The lowest BCUT2D eigenvalue weighted by Crippen LogP contribution is -2.27. The van der Waals surface area contributed by atoms with E-state index in [1.165, 1.54) is 34.0 Å². The zero-order valence-corrected chi connectivity index (χ0v) is 14.3. The van der Waals surface area contributed by atoms with E-state index in [2.05, 4.69) is 15.3 Å². The number of fused-ring (bicyclic) bond motifs is 1. The van der Waals surface area contributed by atoms with Crippen molar-refractivity contribution in [1.29, 1.82) is 0 Å². The number of amides is 1. The van der Waals surface area contributed by atoms with E-state index in [0.29, 0.717) is 21.1 Å². The van der Waals surface area contributed by atoms with Crippen molar-refractivity contribution in [2.45, 2.75) is 10.9 Å². The SMILES string of the molecule is CSc1nc2ncn(CC(=O)Nc3ccc(Cl)cc3)c(=O)c2s1. The molecular formula is C14H11ClN4O2S2. The first-order valence-corrected chi connectivity index (χ1v) is 8.94. The van der Waals surface area contributed by atoms with Crippen LogP contribution in [0, 0.1) is 0 Å². The molecule has 0 fully saturated rings. The molecule has 0 aliphatic heterocycles. The number of benzene rings is 1. The number of thiazole rings is 1. The van der Waals surface area contributed by atoms with E-state index in [1.54, 1.807) is 24.3 Å². The Hall–Kier alpha value is -1.90. The number of nitrogens with one attached hydrogen (secondary N) is 1. The molecule has 23 heavy (non-hydrogen) atoms. The van der Waals surface area contributed by atoms with Crippen LogP contribution in [-0.2, 0) is 11.3 Å². The number of anilines is 1. The summed E-state index contributed by atoms with van der Waals surface area (Å²) in [6.45, 7) is -0.114. The molecule has 0 atom stereocenters. The number of rotatable bonds is 4. The van der Waals surface area contributed by atoms with Gasteiger partial charge in [-0.15, -0.1) is 11.3 Å². The highest BCUT2D eigenvalue weighted by molar-refractivity contribution is 8.00. The van der Waals surface area contributed by atoms with Gasteiger partial charge in [-0.05, 0) is 30.5 Å². The fraction of sp³-hybridized carbons (Fsp3) is 0.143. The first kappa shape index (κ1) is 16.0. The third kappa shape index (κ3) is 3.54. The molecule has 0 spiro atoms. The van der Waals surface area contributed by atoms with Crippen LogP contribution in [0.1, 0.15) is 0 Å². The van der Waals surface area contributed by atoms with Crippen LogP contribution in [0.2, 0.25) is 5.02 Å². The molecule has 0 bridgehead atoms. The summed E-state index contributed by atoms with van der Waals surface area (Å²) in [5, 5.41) is 3.29. The van der Waals surface area contributed by atoms with Crippen molar-refractivity contribution in [2.75, 3.05) is 11.6 Å². The maximum atomic E-state index is 12.4. The normalized spacial score (nSPS) is 10.9. The molecule has 0 aliphatic rings. The maximum Gasteiger partial charge on any atom is 0.273 e. The van der Waals surface area contributed by atoms with Crippen molar-refractivity contribution in [3.63, 3.8) is 0 Å². The van der Waals surface area contributed by atoms with Crippen molar-refractivity contribution in [3.8, 4) is 0 Å². The molecule has 0 radical (unpaired) electrons. The molecule has 2 heterocycles. The van der Waals surface area contributed by atoms with Gasteiger partial charge in [0.15, 0.2) is 9.99 Å². The fourth-order valence-electron chi connectivity index (χ4n) is 1.92. The Kier molecular flexibility index (Phi) is 4.65. The van der Waals surface area contributed by atoms with Gasteiger partial charge >= 0.3 is 0 Å². The average Bonchev–Trinajstić information content (AvgIpc) is 2.96. The Balaban J connectivity index is 1.80. The number of carbonyl (C=O) groups is 1. The summed E-state index contributed by atoms with van der Waals surface area (Å²) in [6, 6.07) is 6.74. The van der Waals surface area contributed by atoms with E-state index < -0.39 is 0 Å². The van der Waals surface area contributed by atoms with E-state index >= 15 is 0 Å². The Morgan fingerprint density at radius 3 is 2.83 bits per heavy atom. The topological polar surface area (TPSA) is 76.9 Å². The molecule has 1 amide bonds. The lowest BCUT2D eigenvalue weighted by molar-refractivity contribution is -0.116. The van der Waals surface area contributed by atoms with Gasteiger partial charge in [0.1, 0.15) is 17.6 Å². The lowest BCUT2D eigenvalue weighted by Gasteiger charge is -2.07. The van der Waals surface area contributed by atoms with Crippen molar-refractivity contribution in [1.82, 2.24) is 14.5 Å². The molecule has 0 aliphatic carbocycles. The fourth-order valence-corrected chi connectivity index (χ4v) is 3.50. The Morgan fingerprint density at radius 2 is 2.13 bits per heavy atom. The monoisotopic (exact) mass is 366 g/mol. The van der Waals surface area contributed by atoms with Gasteiger partial charge in [-0.1, -0.05) is 23.4 Å². The van der Waals surface area contributed by atoms with E-state index in [0.717, 1.165) is 4.34 Å². The molecule has 0 saturated heterocycles. The highest BCUT2D eigenvalue weighted by atomic mass is 35.5. The van der Waals surface area contributed by atoms with E-state index in [1.807, 2.05) is 6.26 Å². The van der Waals surface area contributed by atoms with Crippen LogP contribution >= 0.6 is 34.7 Å². The minimum Gasteiger partial charge on any atom is -0.325 e. The summed E-state index contributed by atoms with van der Waals surface area (Å²) in [5.74, 6) is -0.315. The largest absolute Gasteiger partial charge is 0.325 e. The van der Waals surface area contributed by atoms with E-state index in [4.69, 9.17) is 11.6 Å². The molecule has 9 heteroatoms. The van der Waals surface area contributed by atoms with E-state index in [9.17, 15) is 9.59 Å². The molecule has 6 nitrogen and oxygen atoms in total. The third-order valence-electron chi connectivity index (χ3n) is 2.98. The van der Waals surface area contributed by atoms with Crippen LogP contribution in [0.5, 0.6) is 0 Å². The van der Waals surface area contributed by atoms with Gasteiger partial charge in [0.05, 0.1) is 0 Å². The molecule has 118 valence electrons. The highest BCUT2D eigenvalue weighted by Gasteiger charge is 2.12. The van der Waals surface area contributed by atoms with Crippen molar-refractivity contribution >= 4 is 56.6 Å². The quantitative estimate of drug-likeness (QED) is 0.718. The molecule has 2 aromatic heterocycles. The van der Waals surface area contributed by atoms with Crippen LogP contribution in [-0.4, -0.2) is 26.7 Å². The van der Waals surface area contributed by atoms with Gasteiger partial charge in [-0.25, -0.2) is 9.97 Å². The standard InChI is InChI=1S/C14H11ClN4O2S2/c1-22-14-18-12-11(23-14)13(21)19(7-16-12)6-10(20)17-9-4-2-8(15)3-5-9/h2-5,7H,6H2,1H3,(H,17,20). The second-order valence-corrected chi connectivity index (χ2v) is 7.06. The third-order valence-corrected chi connectivity index (χ3v) is 5.25. The smallest absolute Gasteiger partial charge is 0.273 e. The van der Waals surface area contributed by atoms with E-state index in [-0.39, 0.29) is 18.0 Å². The second-order valence-electron chi connectivity index (χ2n) is 4.57. The Bertz CT molecular complexity index is 921. The molecule has 0 unspecified atom stereocenters. The number of carbonyl (C=O) groups excluding carboxylic acids is 1. The zero-order chi connectivity index (χ0) is 16.4. The molecule has 3 rings (SSSR count). The van der Waals surface area contributed by atoms with Crippen LogP contribution in [0.4, 0.5) is 5.69 Å². The predicted molar refractivity (Wildman–Crippen MR) is 93.5 cm³/mol. The second kappa shape index (κ2) is 6.69. The van der Waals surface area contributed by atoms with Gasteiger partial charge in [0.2, 0.25) is 5.91 Å². The summed E-state index contributed by atoms with van der Waals surface area (Å²) >= 11 is 8.53. The van der Waals surface area contributed by atoms with Gasteiger partial charge in [0, 0.05) is 10.7 Å². The summed E-state index contributed by atoms with van der Waals surface area (Å²) in [7, 11) is 0.